The summed E-state index contributed by atoms with van der Waals surface area (Å²) >= 11 is 1.38. The van der Waals surface area contributed by atoms with Crippen LogP contribution in [0.5, 0.6) is 0 Å². The number of aryl methyl sites for hydroxylation is 2. The van der Waals surface area contributed by atoms with Gasteiger partial charge >= 0.3 is 6.03 Å². The van der Waals surface area contributed by atoms with E-state index in [0.717, 1.165) is 22.8 Å². The molecule has 0 saturated carbocycles. The van der Waals surface area contributed by atoms with Gasteiger partial charge in [-0.3, -0.25) is 10.4 Å². The number of anilines is 1. The molecule has 0 aliphatic rings. The van der Waals surface area contributed by atoms with Crippen LogP contribution in [0.25, 0.3) is 0 Å². The van der Waals surface area contributed by atoms with Gasteiger partial charge in [-0.15, -0.1) is 10.2 Å². The lowest BCUT2D eigenvalue weighted by Gasteiger charge is -2.12. The molecule has 0 bridgehead atoms. The van der Waals surface area contributed by atoms with E-state index in [9.17, 15) is 4.79 Å². The summed E-state index contributed by atoms with van der Waals surface area (Å²) in [6, 6.07) is 1.67. The van der Waals surface area contributed by atoms with Crippen molar-refractivity contribution in [2.75, 3.05) is 5.32 Å². The number of carbonyl (C=O) groups excluding carboxylic acids is 1. The van der Waals surface area contributed by atoms with Gasteiger partial charge in [0, 0.05) is 18.2 Å². The Morgan fingerprint density at radius 2 is 2.30 bits per heavy atom. The lowest BCUT2D eigenvalue weighted by Crippen LogP contribution is -2.37. The highest BCUT2D eigenvalue weighted by Gasteiger charge is 2.11. The van der Waals surface area contributed by atoms with E-state index in [2.05, 4.69) is 31.0 Å². The zero-order chi connectivity index (χ0) is 14.5. The summed E-state index contributed by atoms with van der Waals surface area (Å²) in [5, 5.41) is 21.8. The second-order valence-corrected chi connectivity index (χ2v) is 5.66. The highest BCUT2D eigenvalue weighted by Crippen LogP contribution is 2.15. The molecule has 2 heterocycles. The minimum atomic E-state index is -0.274. The Balaban J connectivity index is 1.81. The normalized spacial score (nSPS) is 12.2. The van der Waals surface area contributed by atoms with E-state index >= 15 is 0 Å². The average molecular weight is 294 g/mol. The van der Waals surface area contributed by atoms with E-state index in [1.165, 1.54) is 11.3 Å². The van der Waals surface area contributed by atoms with Crippen LogP contribution >= 0.6 is 11.3 Å². The van der Waals surface area contributed by atoms with Crippen molar-refractivity contribution in [1.82, 2.24) is 25.7 Å². The maximum Gasteiger partial charge on any atom is 0.321 e. The monoisotopic (exact) mass is 294 g/mol. The number of hydrogen-bond acceptors (Lipinski definition) is 5. The molecule has 8 heteroatoms. The van der Waals surface area contributed by atoms with E-state index < -0.39 is 0 Å². The molecule has 0 unspecified atom stereocenters. The quantitative estimate of drug-likeness (QED) is 0.784. The lowest BCUT2D eigenvalue weighted by molar-refractivity contribution is 0.249. The molecule has 1 atom stereocenters. The van der Waals surface area contributed by atoms with Crippen molar-refractivity contribution < 1.29 is 4.79 Å². The summed E-state index contributed by atoms with van der Waals surface area (Å²) in [5.41, 5.74) is 1.94. The number of nitrogens with one attached hydrogen (secondary N) is 3. The zero-order valence-electron chi connectivity index (χ0n) is 11.7. The maximum absolute atomic E-state index is 11.8. The van der Waals surface area contributed by atoms with E-state index in [1.807, 2.05) is 26.8 Å². The summed E-state index contributed by atoms with van der Waals surface area (Å²) < 4.78 is 0. The molecule has 2 aromatic rings. The molecule has 2 aromatic heterocycles. The largest absolute Gasteiger partial charge is 0.335 e. The van der Waals surface area contributed by atoms with Crippen molar-refractivity contribution in [2.45, 2.75) is 39.7 Å². The van der Waals surface area contributed by atoms with Crippen LogP contribution in [0.15, 0.2) is 6.07 Å². The van der Waals surface area contributed by atoms with Crippen molar-refractivity contribution in [3.8, 4) is 0 Å². The maximum atomic E-state index is 11.8. The molecule has 0 aliphatic carbocycles. The first-order valence-corrected chi connectivity index (χ1v) is 7.29. The Morgan fingerprint density at radius 3 is 2.90 bits per heavy atom. The summed E-state index contributed by atoms with van der Waals surface area (Å²) in [4.78, 5) is 11.8. The van der Waals surface area contributed by atoms with Crippen molar-refractivity contribution in [3.05, 3.63) is 22.5 Å². The molecule has 108 valence electrons. The number of nitrogens with zero attached hydrogens (tertiary/aromatic N) is 3. The summed E-state index contributed by atoms with van der Waals surface area (Å²) in [5.74, 6) is 0. The van der Waals surface area contributed by atoms with Crippen LogP contribution in [-0.4, -0.2) is 32.5 Å². The van der Waals surface area contributed by atoms with Crippen LogP contribution in [0.4, 0.5) is 9.93 Å². The predicted octanol–water partition coefficient (Wildman–Crippen LogP) is 1.88. The molecule has 0 aromatic carbocycles. The molecule has 0 spiro atoms. The smallest absolute Gasteiger partial charge is 0.321 e. The number of aromatic amines is 1. The third-order valence-corrected chi connectivity index (χ3v) is 3.62. The van der Waals surface area contributed by atoms with Crippen molar-refractivity contribution in [2.24, 2.45) is 0 Å². The Morgan fingerprint density at radius 1 is 1.50 bits per heavy atom. The minimum Gasteiger partial charge on any atom is -0.335 e. The molecular weight excluding hydrogens is 276 g/mol. The Kier molecular flexibility index (Phi) is 4.67. The van der Waals surface area contributed by atoms with Gasteiger partial charge in [0.25, 0.3) is 0 Å². The number of hydrogen-bond donors (Lipinski definition) is 3. The fourth-order valence-corrected chi connectivity index (χ4v) is 2.42. The fraction of sp³-hybridized carbons (Fsp3) is 0.500. The second-order valence-electron chi connectivity index (χ2n) is 4.60. The average Bonchev–Trinajstić information content (AvgIpc) is 2.98. The van der Waals surface area contributed by atoms with Crippen LogP contribution in [0.1, 0.15) is 30.2 Å². The molecule has 0 fully saturated rings. The van der Waals surface area contributed by atoms with Gasteiger partial charge in [-0.2, -0.15) is 5.10 Å². The molecule has 0 saturated heterocycles. The molecule has 2 rings (SSSR count). The third kappa shape index (κ3) is 4.02. The fourth-order valence-electron chi connectivity index (χ4n) is 1.75. The number of carbonyl (C=O) groups is 1. The SMILES string of the molecule is CCc1nnc(NC(=O)N[C@H](C)Cc2cc(C)[nH]n2)s1. The standard InChI is InChI=1S/C12H18N6OS/c1-4-10-17-18-12(20-10)14-11(19)13-7(2)5-9-6-8(3)15-16-9/h6-7H,4-5H2,1-3H3,(H,15,16)(H2,13,14,18,19)/t7-/m1/s1. The third-order valence-electron chi connectivity index (χ3n) is 2.64. The number of H-pyrrole nitrogens is 1. The second kappa shape index (κ2) is 6.47. The van der Waals surface area contributed by atoms with E-state index in [1.54, 1.807) is 0 Å². The lowest BCUT2D eigenvalue weighted by atomic mass is 10.2. The molecule has 7 nitrogen and oxygen atoms in total. The van der Waals surface area contributed by atoms with E-state index in [4.69, 9.17) is 0 Å². The number of rotatable bonds is 5. The first kappa shape index (κ1) is 14.4. The summed E-state index contributed by atoms with van der Waals surface area (Å²) in [6.45, 7) is 5.88. The van der Waals surface area contributed by atoms with E-state index in [-0.39, 0.29) is 12.1 Å². The Hall–Kier alpha value is -1.96. The molecule has 3 N–H and O–H groups in total. The topological polar surface area (TPSA) is 95.6 Å². The van der Waals surface area contributed by atoms with Gasteiger partial charge in [0.15, 0.2) is 0 Å². The van der Waals surface area contributed by atoms with Crippen molar-refractivity contribution in [1.29, 1.82) is 0 Å². The summed E-state index contributed by atoms with van der Waals surface area (Å²) in [7, 11) is 0. The Bertz CT molecular complexity index is 578. The molecule has 0 radical (unpaired) electrons. The van der Waals surface area contributed by atoms with Gasteiger partial charge in [0.2, 0.25) is 5.13 Å². The molecular formula is C12H18N6OS. The van der Waals surface area contributed by atoms with Gasteiger partial charge < -0.3 is 5.32 Å². The predicted molar refractivity (Wildman–Crippen MR) is 77.9 cm³/mol. The van der Waals surface area contributed by atoms with Crippen LogP contribution in [0.2, 0.25) is 0 Å². The zero-order valence-corrected chi connectivity index (χ0v) is 12.5. The minimum absolute atomic E-state index is 0.0173. The van der Waals surface area contributed by atoms with Gasteiger partial charge in [0.1, 0.15) is 5.01 Å². The highest BCUT2D eigenvalue weighted by atomic mass is 32.1. The van der Waals surface area contributed by atoms with Gasteiger partial charge in [-0.25, -0.2) is 4.79 Å². The molecule has 20 heavy (non-hydrogen) atoms. The van der Waals surface area contributed by atoms with Crippen LogP contribution in [-0.2, 0) is 12.8 Å². The van der Waals surface area contributed by atoms with Gasteiger partial charge in [0.05, 0.1) is 5.69 Å². The highest BCUT2D eigenvalue weighted by molar-refractivity contribution is 7.15. The van der Waals surface area contributed by atoms with Gasteiger partial charge in [-0.05, 0) is 26.3 Å². The van der Waals surface area contributed by atoms with Crippen molar-refractivity contribution in [3.63, 3.8) is 0 Å². The first-order chi connectivity index (χ1) is 9.56. The number of amides is 2. The molecule has 0 aliphatic heterocycles. The van der Waals surface area contributed by atoms with Crippen LogP contribution in [0, 0.1) is 6.92 Å². The number of urea groups is 1. The van der Waals surface area contributed by atoms with Crippen molar-refractivity contribution >= 4 is 22.5 Å². The first-order valence-electron chi connectivity index (χ1n) is 6.47. The van der Waals surface area contributed by atoms with Crippen LogP contribution < -0.4 is 10.6 Å². The van der Waals surface area contributed by atoms with Gasteiger partial charge in [-0.1, -0.05) is 18.3 Å². The summed E-state index contributed by atoms with van der Waals surface area (Å²) in [6.07, 6.45) is 1.49. The molecule has 2 amide bonds. The van der Waals surface area contributed by atoms with Crippen LogP contribution in [0.3, 0.4) is 0 Å². The number of aromatic nitrogens is 4. The Labute approximate surface area is 121 Å². The van der Waals surface area contributed by atoms with E-state index in [0.29, 0.717) is 11.6 Å².